The third-order valence-corrected chi connectivity index (χ3v) is 2.95. The largest absolute Gasteiger partial charge is 0.380 e. The van der Waals surface area contributed by atoms with Crippen molar-refractivity contribution in [2.45, 2.75) is 19.6 Å². The Morgan fingerprint density at radius 1 is 1.56 bits per heavy atom. The molecule has 0 bridgehead atoms. The lowest BCUT2D eigenvalue weighted by atomic mass is 10.2. The Kier molecular flexibility index (Phi) is 5.53. The van der Waals surface area contributed by atoms with Gasteiger partial charge in [0.25, 0.3) is 5.69 Å². The standard InChI is InChI=1S/C12H17ClN2O3/c1-9(18-3)7-14(2)8-10-4-5-11(13)12(6-10)15(16)17/h4-6,9H,7-8H2,1-3H3. The Hall–Kier alpha value is -1.17. The van der Waals surface area contributed by atoms with E-state index in [-0.39, 0.29) is 16.8 Å². The van der Waals surface area contributed by atoms with Crippen LogP contribution in [0.1, 0.15) is 12.5 Å². The number of methoxy groups -OCH3 is 1. The van der Waals surface area contributed by atoms with E-state index in [4.69, 9.17) is 16.3 Å². The summed E-state index contributed by atoms with van der Waals surface area (Å²) in [6.45, 7) is 3.35. The van der Waals surface area contributed by atoms with Gasteiger partial charge < -0.3 is 4.74 Å². The summed E-state index contributed by atoms with van der Waals surface area (Å²) in [5.41, 5.74) is 0.805. The molecule has 0 spiro atoms. The smallest absolute Gasteiger partial charge is 0.288 e. The van der Waals surface area contributed by atoms with E-state index in [1.807, 2.05) is 18.9 Å². The zero-order chi connectivity index (χ0) is 13.7. The average Bonchev–Trinajstić information content (AvgIpc) is 2.31. The summed E-state index contributed by atoms with van der Waals surface area (Å²) in [7, 11) is 3.60. The summed E-state index contributed by atoms with van der Waals surface area (Å²) in [6, 6.07) is 4.86. The molecule has 0 radical (unpaired) electrons. The number of rotatable bonds is 6. The van der Waals surface area contributed by atoms with Gasteiger partial charge >= 0.3 is 0 Å². The van der Waals surface area contributed by atoms with Crippen molar-refractivity contribution in [1.82, 2.24) is 4.90 Å². The van der Waals surface area contributed by atoms with Crippen LogP contribution < -0.4 is 0 Å². The second kappa shape index (κ2) is 6.68. The van der Waals surface area contributed by atoms with Crippen LogP contribution in [0.3, 0.4) is 0 Å². The lowest BCUT2D eigenvalue weighted by Crippen LogP contribution is -2.28. The predicted molar refractivity (Wildman–Crippen MR) is 70.9 cm³/mol. The topological polar surface area (TPSA) is 55.6 Å². The molecule has 1 aromatic rings. The Morgan fingerprint density at radius 3 is 2.78 bits per heavy atom. The first kappa shape index (κ1) is 14.9. The fourth-order valence-electron chi connectivity index (χ4n) is 1.69. The Balaban J connectivity index is 2.73. The maximum Gasteiger partial charge on any atom is 0.288 e. The summed E-state index contributed by atoms with van der Waals surface area (Å²) >= 11 is 5.76. The molecule has 5 nitrogen and oxygen atoms in total. The molecule has 0 aliphatic heterocycles. The van der Waals surface area contributed by atoms with Gasteiger partial charge in [-0.3, -0.25) is 15.0 Å². The molecule has 0 saturated heterocycles. The number of hydrogen-bond donors (Lipinski definition) is 0. The first-order valence-corrected chi connectivity index (χ1v) is 5.96. The first-order valence-electron chi connectivity index (χ1n) is 5.58. The van der Waals surface area contributed by atoms with Gasteiger partial charge in [-0.05, 0) is 25.6 Å². The van der Waals surface area contributed by atoms with E-state index >= 15 is 0 Å². The number of ether oxygens (including phenoxy) is 1. The van der Waals surface area contributed by atoms with Gasteiger partial charge in [-0.15, -0.1) is 0 Å². The van der Waals surface area contributed by atoms with E-state index in [2.05, 4.69) is 0 Å². The van der Waals surface area contributed by atoms with Crippen LogP contribution in [0, 0.1) is 10.1 Å². The lowest BCUT2D eigenvalue weighted by Gasteiger charge is -2.20. The maximum absolute atomic E-state index is 10.8. The van der Waals surface area contributed by atoms with Crippen LogP contribution in [0.15, 0.2) is 18.2 Å². The number of halogens is 1. The predicted octanol–water partition coefficient (Wildman–Crippen LogP) is 2.71. The molecule has 0 fully saturated rings. The van der Waals surface area contributed by atoms with Gasteiger partial charge in [0.05, 0.1) is 11.0 Å². The Bertz CT molecular complexity index is 426. The van der Waals surface area contributed by atoms with Gasteiger partial charge in [-0.2, -0.15) is 0 Å². The number of nitro groups is 1. The van der Waals surface area contributed by atoms with E-state index in [9.17, 15) is 10.1 Å². The monoisotopic (exact) mass is 272 g/mol. The van der Waals surface area contributed by atoms with Gasteiger partial charge in [-0.25, -0.2) is 0 Å². The number of hydrogen-bond acceptors (Lipinski definition) is 4. The molecule has 18 heavy (non-hydrogen) atoms. The molecule has 1 unspecified atom stereocenters. The van der Waals surface area contributed by atoms with Crippen molar-refractivity contribution in [2.75, 3.05) is 20.7 Å². The van der Waals surface area contributed by atoms with Gasteiger partial charge in [0, 0.05) is 26.3 Å². The highest BCUT2D eigenvalue weighted by Crippen LogP contribution is 2.25. The van der Waals surface area contributed by atoms with Crippen LogP contribution in [0.5, 0.6) is 0 Å². The molecule has 100 valence electrons. The highest BCUT2D eigenvalue weighted by molar-refractivity contribution is 6.32. The summed E-state index contributed by atoms with van der Waals surface area (Å²) in [6.07, 6.45) is 0.122. The van der Waals surface area contributed by atoms with Crippen LogP contribution >= 0.6 is 11.6 Å². The normalized spacial score (nSPS) is 12.7. The van der Waals surface area contributed by atoms with Gasteiger partial charge in [-0.1, -0.05) is 17.7 Å². The minimum Gasteiger partial charge on any atom is -0.380 e. The average molecular weight is 273 g/mol. The van der Waals surface area contributed by atoms with Gasteiger partial charge in [0.15, 0.2) is 0 Å². The van der Waals surface area contributed by atoms with Gasteiger partial charge in [0.1, 0.15) is 5.02 Å². The van der Waals surface area contributed by atoms with E-state index in [0.717, 1.165) is 12.1 Å². The number of nitrogens with zero attached hydrogens (tertiary/aromatic N) is 2. The highest BCUT2D eigenvalue weighted by atomic mass is 35.5. The third-order valence-electron chi connectivity index (χ3n) is 2.63. The van der Waals surface area contributed by atoms with E-state index in [1.54, 1.807) is 19.2 Å². The molecule has 0 aliphatic rings. The van der Waals surface area contributed by atoms with Crippen LogP contribution in [-0.2, 0) is 11.3 Å². The minimum absolute atomic E-state index is 0.0534. The van der Waals surface area contributed by atoms with Crippen molar-refractivity contribution >= 4 is 17.3 Å². The van der Waals surface area contributed by atoms with Crippen LogP contribution in [0.4, 0.5) is 5.69 Å². The van der Waals surface area contributed by atoms with E-state index in [1.165, 1.54) is 6.07 Å². The molecule has 0 heterocycles. The highest BCUT2D eigenvalue weighted by Gasteiger charge is 2.14. The molecule has 0 N–H and O–H groups in total. The summed E-state index contributed by atoms with van der Waals surface area (Å²) in [5, 5.41) is 10.9. The molecule has 1 rings (SSSR count). The van der Waals surface area contributed by atoms with Crippen molar-refractivity contribution in [1.29, 1.82) is 0 Å². The fourth-order valence-corrected chi connectivity index (χ4v) is 1.87. The maximum atomic E-state index is 10.8. The van der Waals surface area contributed by atoms with Crippen molar-refractivity contribution in [3.05, 3.63) is 38.9 Å². The number of benzene rings is 1. The van der Waals surface area contributed by atoms with Crippen LogP contribution in [-0.4, -0.2) is 36.6 Å². The van der Waals surface area contributed by atoms with Gasteiger partial charge in [0.2, 0.25) is 0 Å². The van der Waals surface area contributed by atoms with Crippen LogP contribution in [0.2, 0.25) is 5.02 Å². The van der Waals surface area contributed by atoms with Crippen molar-refractivity contribution in [3.63, 3.8) is 0 Å². The van der Waals surface area contributed by atoms with Crippen molar-refractivity contribution in [3.8, 4) is 0 Å². The molecule has 6 heteroatoms. The molecule has 0 saturated carbocycles. The Labute approximate surface area is 111 Å². The van der Waals surface area contributed by atoms with E-state index < -0.39 is 4.92 Å². The molecule has 0 amide bonds. The summed E-state index contributed by atoms with van der Waals surface area (Å²) in [5.74, 6) is 0. The summed E-state index contributed by atoms with van der Waals surface area (Å²) < 4.78 is 5.17. The quantitative estimate of drug-likeness (QED) is 0.590. The molecule has 0 aliphatic carbocycles. The number of nitro benzene ring substituents is 1. The van der Waals surface area contributed by atoms with Crippen molar-refractivity contribution < 1.29 is 9.66 Å². The molecule has 1 aromatic carbocycles. The van der Waals surface area contributed by atoms with E-state index in [0.29, 0.717) is 6.54 Å². The third kappa shape index (κ3) is 4.25. The zero-order valence-electron chi connectivity index (χ0n) is 10.7. The molecule has 0 aromatic heterocycles. The minimum atomic E-state index is -0.469. The zero-order valence-corrected chi connectivity index (χ0v) is 11.5. The molecular formula is C12H17ClN2O3. The first-order chi connectivity index (χ1) is 8.43. The second-order valence-electron chi connectivity index (χ2n) is 4.29. The summed E-state index contributed by atoms with van der Waals surface area (Å²) in [4.78, 5) is 12.3. The van der Waals surface area contributed by atoms with Crippen LogP contribution in [0.25, 0.3) is 0 Å². The fraction of sp³-hybridized carbons (Fsp3) is 0.500. The second-order valence-corrected chi connectivity index (χ2v) is 4.69. The Morgan fingerprint density at radius 2 is 2.22 bits per heavy atom. The lowest BCUT2D eigenvalue weighted by molar-refractivity contribution is -0.384. The van der Waals surface area contributed by atoms with Crippen molar-refractivity contribution in [2.24, 2.45) is 0 Å². The SMILES string of the molecule is COC(C)CN(C)Cc1ccc(Cl)c([N+](=O)[O-])c1. The molecule has 1 atom stereocenters. The number of likely N-dealkylation sites (N-methyl/N-ethyl adjacent to an activating group) is 1. The molecular weight excluding hydrogens is 256 g/mol.